The lowest BCUT2D eigenvalue weighted by molar-refractivity contribution is -0.139. The average Bonchev–Trinajstić information content (AvgIpc) is 2.37. The van der Waals surface area contributed by atoms with Crippen molar-refractivity contribution in [2.45, 2.75) is 18.7 Å². The Kier molecular flexibility index (Phi) is 4.68. The van der Waals surface area contributed by atoms with E-state index in [9.17, 15) is 22.7 Å². The first-order valence-electron chi connectivity index (χ1n) is 6.06. The number of hydrogen-bond acceptors (Lipinski definition) is 1. The monoisotopic (exact) mass is 362 g/mol. The standard InChI is InChI=1S/C15H11BrF4O/c16-10-3-1-2-9(6-10)7-14(21)12-5-4-11(17)8-13(12)15(18,19)20/h1-6,8,14,21H,7H2. The molecule has 0 aromatic heterocycles. The van der Waals surface area contributed by atoms with Gasteiger partial charge in [0, 0.05) is 10.9 Å². The largest absolute Gasteiger partial charge is 0.416 e. The molecule has 0 heterocycles. The Bertz CT molecular complexity index is 640. The first-order valence-corrected chi connectivity index (χ1v) is 6.86. The second-order valence-corrected chi connectivity index (χ2v) is 5.49. The summed E-state index contributed by atoms with van der Waals surface area (Å²) < 4.78 is 52.5. The van der Waals surface area contributed by atoms with Crippen molar-refractivity contribution in [3.63, 3.8) is 0 Å². The smallest absolute Gasteiger partial charge is 0.388 e. The van der Waals surface area contributed by atoms with Crippen LogP contribution in [0.3, 0.4) is 0 Å². The van der Waals surface area contributed by atoms with E-state index in [1.54, 1.807) is 24.3 Å². The molecule has 1 nitrogen and oxygen atoms in total. The van der Waals surface area contributed by atoms with Crippen LogP contribution in [0.5, 0.6) is 0 Å². The molecule has 0 saturated carbocycles. The summed E-state index contributed by atoms with van der Waals surface area (Å²) in [6.45, 7) is 0. The van der Waals surface area contributed by atoms with Crippen molar-refractivity contribution < 1.29 is 22.7 Å². The van der Waals surface area contributed by atoms with E-state index in [0.29, 0.717) is 11.6 Å². The zero-order valence-electron chi connectivity index (χ0n) is 10.7. The predicted molar refractivity (Wildman–Crippen MR) is 74.2 cm³/mol. The van der Waals surface area contributed by atoms with E-state index in [4.69, 9.17) is 0 Å². The van der Waals surface area contributed by atoms with Gasteiger partial charge in [-0.1, -0.05) is 34.1 Å². The molecule has 0 radical (unpaired) electrons. The SMILES string of the molecule is OC(Cc1cccc(Br)c1)c1ccc(F)cc1C(F)(F)F. The van der Waals surface area contributed by atoms with Gasteiger partial charge in [-0.3, -0.25) is 0 Å². The van der Waals surface area contributed by atoms with Gasteiger partial charge in [0.25, 0.3) is 0 Å². The summed E-state index contributed by atoms with van der Waals surface area (Å²) in [5, 5.41) is 10.1. The van der Waals surface area contributed by atoms with Gasteiger partial charge in [0.05, 0.1) is 11.7 Å². The third kappa shape index (κ3) is 4.04. The highest BCUT2D eigenvalue weighted by atomic mass is 79.9. The Labute approximate surface area is 127 Å². The van der Waals surface area contributed by atoms with Crippen LogP contribution >= 0.6 is 15.9 Å². The predicted octanol–water partition coefficient (Wildman–Crippen LogP) is 4.88. The van der Waals surface area contributed by atoms with Gasteiger partial charge < -0.3 is 5.11 Å². The van der Waals surface area contributed by atoms with E-state index in [0.717, 1.165) is 16.6 Å². The van der Waals surface area contributed by atoms with Crippen LogP contribution in [-0.2, 0) is 12.6 Å². The molecule has 1 unspecified atom stereocenters. The molecular formula is C15H11BrF4O. The third-order valence-corrected chi connectivity index (χ3v) is 3.49. The Hall–Kier alpha value is -1.40. The maximum absolute atomic E-state index is 13.0. The first kappa shape index (κ1) is 16.0. The molecule has 0 bridgehead atoms. The Morgan fingerprint density at radius 2 is 1.81 bits per heavy atom. The second-order valence-electron chi connectivity index (χ2n) is 4.58. The second kappa shape index (κ2) is 6.15. The summed E-state index contributed by atoms with van der Waals surface area (Å²) in [7, 11) is 0. The van der Waals surface area contributed by atoms with Crippen LogP contribution in [-0.4, -0.2) is 5.11 Å². The molecule has 1 N–H and O–H groups in total. The van der Waals surface area contributed by atoms with E-state index < -0.39 is 23.7 Å². The molecule has 1 atom stereocenters. The van der Waals surface area contributed by atoms with Crippen LogP contribution < -0.4 is 0 Å². The average molecular weight is 363 g/mol. The number of rotatable bonds is 3. The van der Waals surface area contributed by atoms with E-state index >= 15 is 0 Å². The van der Waals surface area contributed by atoms with Gasteiger partial charge in [0.15, 0.2) is 0 Å². The molecule has 21 heavy (non-hydrogen) atoms. The first-order chi connectivity index (χ1) is 9.77. The zero-order chi connectivity index (χ0) is 15.6. The van der Waals surface area contributed by atoms with Crippen molar-refractivity contribution in [3.8, 4) is 0 Å². The van der Waals surface area contributed by atoms with Gasteiger partial charge in [-0.05, 0) is 35.4 Å². The number of hydrogen-bond donors (Lipinski definition) is 1. The maximum atomic E-state index is 13.0. The molecule has 112 valence electrons. The molecule has 0 amide bonds. The lowest BCUT2D eigenvalue weighted by Crippen LogP contribution is -2.14. The molecule has 2 aromatic carbocycles. The highest BCUT2D eigenvalue weighted by molar-refractivity contribution is 9.10. The van der Waals surface area contributed by atoms with Gasteiger partial charge in [0.1, 0.15) is 5.82 Å². The van der Waals surface area contributed by atoms with Crippen molar-refractivity contribution in [3.05, 3.63) is 69.4 Å². The number of aliphatic hydroxyl groups is 1. The highest BCUT2D eigenvalue weighted by Gasteiger charge is 2.35. The van der Waals surface area contributed by atoms with Crippen molar-refractivity contribution in [1.29, 1.82) is 0 Å². The number of benzene rings is 2. The van der Waals surface area contributed by atoms with E-state index in [-0.39, 0.29) is 12.0 Å². The number of halogens is 5. The molecule has 6 heteroatoms. The number of aliphatic hydroxyl groups excluding tert-OH is 1. The molecule has 2 aromatic rings. The topological polar surface area (TPSA) is 20.2 Å². The summed E-state index contributed by atoms with van der Waals surface area (Å²) in [4.78, 5) is 0. The molecular weight excluding hydrogens is 352 g/mol. The van der Waals surface area contributed by atoms with Crippen LogP contribution in [0.1, 0.15) is 22.8 Å². The summed E-state index contributed by atoms with van der Waals surface area (Å²) in [6, 6.07) is 9.19. The molecule has 0 aliphatic heterocycles. The van der Waals surface area contributed by atoms with Gasteiger partial charge in [0.2, 0.25) is 0 Å². The third-order valence-electron chi connectivity index (χ3n) is 3.00. The highest BCUT2D eigenvalue weighted by Crippen LogP contribution is 2.36. The fourth-order valence-corrected chi connectivity index (χ4v) is 2.51. The molecule has 2 rings (SSSR count). The minimum Gasteiger partial charge on any atom is -0.388 e. The minimum atomic E-state index is -4.71. The van der Waals surface area contributed by atoms with E-state index in [1.807, 2.05) is 0 Å². The number of alkyl halides is 3. The van der Waals surface area contributed by atoms with Gasteiger partial charge in [-0.2, -0.15) is 13.2 Å². The summed E-state index contributed by atoms with van der Waals surface area (Å²) >= 11 is 3.25. The minimum absolute atomic E-state index is 0.00809. The van der Waals surface area contributed by atoms with Gasteiger partial charge >= 0.3 is 6.18 Å². The quantitative estimate of drug-likeness (QED) is 0.771. The van der Waals surface area contributed by atoms with Crippen molar-refractivity contribution in [1.82, 2.24) is 0 Å². The summed E-state index contributed by atoms with van der Waals surface area (Å²) in [5.41, 5.74) is -0.803. The molecule has 0 saturated heterocycles. The molecule has 0 aliphatic carbocycles. The Morgan fingerprint density at radius 1 is 1.10 bits per heavy atom. The Morgan fingerprint density at radius 3 is 2.43 bits per heavy atom. The van der Waals surface area contributed by atoms with Gasteiger partial charge in [-0.25, -0.2) is 4.39 Å². The van der Waals surface area contributed by atoms with E-state index in [2.05, 4.69) is 15.9 Å². The van der Waals surface area contributed by atoms with Gasteiger partial charge in [-0.15, -0.1) is 0 Å². The normalized spacial score (nSPS) is 13.2. The Balaban J connectivity index is 2.33. The summed E-state index contributed by atoms with van der Waals surface area (Å²) in [5.74, 6) is -0.985. The van der Waals surface area contributed by atoms with Crippen molar-refractivity contribution in [2.24, 2.45) is 0 Å². The molecule has 0 spiro atoms. The van der Waals surface area contributed by atoms with Crippen LogP contribution in [0.15, 0.2) is 46.9 Å². The van der Waals surface area contributed by atoms with Crippen LogP contribution in [0.25, 0.3) is 0 Å². The lowest BCUT2D eigenvalue weighted by atomic mass is 9.96. The molecule has 0 aliphatic rings. The zero-order valence-corrected chi connectivity index (χ0v) is 12.2. The fourth-order valence-electron chi connectivity index (χ4n) is 2.06. The van der Waals surface area contributed by atoms with Crippen LogP contribution in [0.4, 0.5) is 17.6 Å². The lowest BCUT2D eigenvalue weighted by Gasteiger charge is -2.18. The van der Waals surface area contributed by atoms with Crippen molar-refractivity contribution in [2.75, 3.05) is 0 Å². The maximum Gasteiger partial charge on any atom is 0.416 e. The van der Waals surface area contributed by atoms with Crippen molar-refractivity contribution >= 4 is 15.9 Å². The van der Waals surface area contributed by atoms with Crippen LogP contribution in [0, 0.1) is 5.82 Å². The fraction of sp³-hybridized carbons (Fsp3) is 0.200. The molecule has 0 fully saturated rings. The van der Waals surface area contributed by atoms with Crippen LogP contribution in [0.2, 0.25) is 0 Å². The summed E-state index contributed by atoms with van der Waals surface area (Å²) in [6.07, 6.45) is -6.07. The van der Waals surface area contributed by atoms with E-state index in [1.165, 1.54) is 0 Å².